The molecule has 2 aromatic rings. The van der Waals surface area contributed by atoms with Gasteiger partial charge in [0.1, 0.15) is 0 Å². The van der Waals surface area contributed by atoms with E-state index in [1.54, 1.807) is 21.3 Å². The third-order valence-corrected chi connectivity index (χ3v) is 6.01. The summed E-state index contributed by atoms with van der Waals surface area (Å²) in [7, 11) is 4.78. The van der Waals surface area contributed by atoms with Gasteiger partial charge >= 0.3 is 5.97 Å². The lowest BCUT2D eigenvalue weighted by atomic mass is 9.77. The standard InChI is InChI=1S/C22H22O7/c1-24-18-7-12-5-15-13(9-27-22(15)23)4-11-6-16-17(29-10-28-16)8-14(11)19(12)21(26-3)20(18)25-2/h6-8,13,15H,4-5,9-10H2,1-3H3/t13-,15+/m1/s1. The Labute approximate surface area is 168 Å². The molecule has 1 fully saturated rings. The SMILES string of the molecule is COc1cc2c(c(OC)c1OC)-c1cc3c(cc1C[C@@H]1COC(=O)[C@H]1C2)OCO3. The minimum Gasteiger partial charge on any atom is -0.493 e. The maximum Gasteiger partial charge on any atom is 0.309 e. The van der Waals surface area contributed by atoms with Crippen LogP contribution in [0.5, 0.6) is 28.7 Å². The van der Waals surface area contributed by atoms with E-state index in [2.05, 4.69) is 0 Å². The Morgan fingerprint density at radius 3 is 2.34 bits per heavy atom. The molecule has 0 saturated carbocycles. The Balaban J connectivity index is 1.81. The molecule has 5 rings (SSSR count). The number of rotatable bonds is 3. The highest BCUT2D eigenvalue weighted by Crippen LogP contribution is 2.52. The van der Waals surface area contributed by atoms with Crippen molar-refractivity contribution in [1.29, 1.82) is 0 Å². The number of methoxy groups -OCH3 is 3. The average Bonchev–Trinajstić information content (AvgIpc) is 3.31. The smallest absolute Gasteiger partial charge is 0.309 e. The van der Waals surface area contributed by atoms with Gasteiger partial charge in [-0.25, -0.2) is 0 Å². The predicted octanol–water partition coefficient (Wildman–Crippen LogP) is 3.00. The third kappa shape index (κ3) is 2.68. The first-order valence-electron chi connectivity index (χ1n) is 9.56. The summed E-state index contributed by atoms with van der Waals surface area (Å²) >= 11 is 0. The number of hydrogen-bond acceptors (Lipinski definition) is 7. The fourth-order valence-corrected chi connectivity index (χ4v) is 4.62. The van der Waals surface area contributed by atoms with Crippen molar-refractivity contribution in [2.75, 3.05) is 34.7 Å². The number of cyclic esters (lactones) is 1. The lowest BCUT2D eigenvalue weighted by Crippen LogP contribution is -2.23. The van der Waals surface area contributed by atoms with Crippen LogP contribution in [-0.4, -0.2) is 40.7 Å². The molecule has 1 aliphatic carbocycles. The molecular formula is C22H22O7. The highest BCUT2D eigenvalue weighted by atomic mass is 16.7. The molecular weight excluding hydrogens is 376 g/mol. The van der Waals surface area contributed by atoms with Crippen LogP contribution in [0.4, 0.5) is 0 Å². The maximum atomic E-state index is 12.5. The van der Waals surface area contributed by atoms with Gasteiger partial charge in [0, 0.05) is 11.5 Å². The zero-order chi connectivity index (χ0) is 20.1. The van der Waals surface area contributed by atoms with Gasteiger partial charge in [0.25, 0.3) is 0 Å². The van der Waals surface area contributed by atoms with Gasteiger partial charge in [-0.1, -0.05) is 0 Å². The molecule has 2 aliphatic heterocycles. The number of ether oxygens (including phenoxy) is 6. The van der Waals surface area contributed by atoms with Crippen molar-refractivity contribution in [2.24, 2.45) is 11.8 Å². The van der Waals surface area contributed by atoms with Crippen LogP contribution >= 0.6 is 0 Å². The predicted molar refractivity (Wildman–Crippen MR) is 103 cm³/mol. The molecule has 7 heteroatoms. The Hall–Kier alpha value is -3.09. The lowest BCUT2D eigenvalue weighted by molar-refractivity contribution is -0.141. The number of hydrogen-bond donors (Lipinski definition) is 0. The topological polar surface area (TPSA) is 72.5 Å². The molecule has 0 spiro atoms. The molecule has 2 atom stereocenters. The zero-order valence-electron chi connectivity index (χ0n) is 16.6. The Morgan fingerprint density at radius 2 is 1.62 bits per heavy atom. The molecule has 0 radical (unpaired) electrons. The third-order valence-electron chi connectivity index (χ3n) is 6.01. The van der Waals surface area contributed by atoms with E-state index in [9.17, 15) is 4.79 Å². The van der Waals surface area contributed by atoms with E-state index in [1.807, 2.05) is 18.2 Å². The van der Waals surface area contributed by atoms with E-state index < -0.39 is 0 Å². The highest BCUT2D eigenvalue weighted by Gasteiger charge is 2.40. The molecule has 0 unspecified atom stereocenters. The molecule has 2 heterocycles. The molecule has 2 aromatic carbocycles. The van der Waals surface area contributed by atoms with Gasteiger partial charge in [0.15, 0.2) is 23.0 Å². The molecule has 7 nitrogen and oxygen atoms in total. The second kappa shape index (κ2) is 6.76. The fourth-order valence-electron chi connectivity index (χ4n) is 4.62. The number of esters is 1. The van der Waals surface area contributed by atoms with Gasteiger partial charge in [-0.15, -0.1) is 0 Å². The van der Waals surface area contributed by atoms with Gasteiger partial charge in [-0.05, 0) is 47.7 Å². The number of fused-ring (bicyclic) bond motifs is 5. The Morgan fingerprint density at radius 1 is 0.862 bits per heavy atom. The van der Waals surface area contributed by atoms with Crippen LogP contribution in [-0.2, 0) is 22.4 Å². The maximum absolute atomic E-state index is 12.5. The van der Waals surface area contributed by atoms with Crippen molar-refractivity contribution in [3.63, 3.8) is 0 Å². The summed E-state index contributed by atoms with van der Waals surface area (Å²) in [6.07, 6.45) is 1.25. The van der Waals surface area contributed by atoms with Crippen molar-refractivity contribution in [3.05, 3.63) is 29.3 Å². The number of carbonyl (C=O) groups excluding carboxylic acids is 1. The lowest BCUT2D eigenvalue weighted by Gasteiger charge is -2.27. The van der Waals surface area contributed by atoms with Crippen molar-refractivity contribution in [2.45, 2.75) is 12.8 Å². The van der Waals surface area contributed by atoms with E-state index in [-0.39, 0.29) is 24.6 Å². The molecule has 29 heavy (non-hydrogen) atoms. The van der Waals surface area contributed by atoms with E-state index in [0.29, 0.717) is 48.2 Å². The van der Waals surface area contributed by atoms with Crippen LogP contribution in [0.15, 0.2) is 18.2 Å². The minimum atomic E-state index is -0.213. The molecule has 0 aromatic heterocycles. The molecule has 1 saturated heterocycles. The highest BCUT2D eigenvalue weighted by molar-refractivity contribution is 5.85. The quantitative estimate of drug-likeness (QED) is 0.736. The summed E-state index contributed by atoms with van der Waals surface area (Å²) in [6, 6.07) is 5.92. The average molecular weight is 398 g/mol. The van der Waals surface area contributed by atoms with E-state index in [4.69, 9.17) is 28.4 Å². The molecule has 0 N–H and O–H groups in total. The van der Waals surface area contributed by atoms with Crippen LogP contribution in [0.2, 0.25) is 0 Å². The Kier molecular flexibility index (Phi) is 4.19. The van der Waals surface area contributed by atoms with Crippen LogP contribution in [0.3, 0.4) is 0 Å². The van der Waals surface area contributed by atoms with Crippen molar-refractivity contribution < 1.29 is 33.2 Å². The van der Waals surface area contributed by atoms with Crippen LogP contribution in [0, 0.1) is 11.8 Å². The van der Waals surface area contributed by atoms with E-state index in [0.717, 1.165) is 22.3 Å². The van der Waals surface area contributed by atoms with Crippen LogP contribution < -0.4 is 23.7 Å². The number of carbonyl (C=O) groups is 1. The second-order valence-corrected chi connectivity index (χ2v) is 7.45. The molecule has 0 amide bonds. The van der Waals surface area contributed by atoms with Gasteiger partial charge in [-0.2, -0.15) is 0 Å². The van der Waals surface area contributed by atoms with Crippen molar-refractivity contribution in [3.8, 4) is 39.9 Å². The summed E-state index contributed by atoms with van der Waals surface area (Å²) < 4.78 is 33.6. The largest absolute Gasteiger partial charge is 0.493 e. The van der Waals surface area contributed by atoms with Gasteiger partial charge in [0.2, 0.25) is 12.5 Å². The normalized spacial score (nSPS) is 21.3. The summed E-state index contributed by atoms with van der Waals surface area (Å²) in [4.78, 5) is 12.5. The molecule has 0 bridgehead atoms. The van der Waals surface area contributed by atoms with Crippen molar-refractivity contribution in [1.82, 2.24) is 0 Å². The first kappa shape index (κ1) is 18.0. The summed E-state index contributed by atoms with van der Waals surface area (Å²) in [5.74, 6) is 2.81. The molecule has 3 aliphatic rings. The summed E-state index contributed by atoms with van der Waals surface area (Å²) in [5, 5.41) is 0. The van der Waals surface area contributed by atoms with Crippen molar-refractivity contribution >= 4 is 5.97 Å². The van der Waals surface area contributed by atoms with Crippen LogP contribution in [0.1, 0.15) is 11.1 Å². The zero-order valence-corrected chi connectivity index (χ0v) is 16.6. The van der Waals surface area contributed by atoms with Gasteiger partial charge in [0.05, 0.1) is 33.9 Å². The number of benzene rings is 2. The van der Waals surface area contributed by atoms with Crippen LogP contribution in [0.25, 0.3) is 11.1 Å². The van der Waals surface area contributed by atoms with E-state index >= 15 is 0 Å². The Bertz CT molecular complexity index is 997. The summed E-state index contributed by atoms with van der Waals surface area (Å²) in [5.41, 5.74) is 3.89. The first-order chi connectivity index (χ1) is 14.1. The van der Waals surface area contributed by atoms with Gasteiger partial charge < -0.3 is 28.4 Å². The second-order valence-electron chi connectivity index (χ2n) is 7.45. The minimum absolute atomic E-state index is 0.105. The summed E-state index contributed by atoms with van der Waals surface area (Å²) in [6.45, 7) is 0.624. The van der Waals surface area contributed by atoms with E-state index in [1.165, 1.54) is 0 Å². The fraction of sp³-hybridized carbons (Fsp3) is 0.409. The van der Waals surface area contributed by atoms with Gasteiger partial charge in [-0.3, -0.25) is 4.79 Å². The monoisotopic (exact) mass is 398 g/mol. The first-order valence-corrected chi connectivity index (χ1v) is 9.56. The molecule has 152 valence electrons.